The SMILES string of the molecule is C[C@@H](O)CNC1CC(C)(C)CC(C)(C)C1. The molecule has 0 aromatic heterocycles. The number of aliphatic hydroxyl groups excluding tert-OH is 1. The third-order valence-corrected chi connectivity index (χ3v) is 3.26. The molecule has 0 amide bonds. The van der Waals surface area contributed by atoms with E-state index in [0.717, 1.165) is 6.54 Å². The third-order valence-electron chi connectivity index (χ3n) is 3.26. The van der Waals surface area contributed by atoms with Crippen LogP contribution in [0, 0.1) is 10.8 Å². The summed E-state index contributed by atoms with van der Waals surface area (Å²) in [7, 11) is 0. The van der Waals surface area contributed by atoms with Gasteiger partial charge in [-0.25, -0.2) is 0 Å². The van der Waals surface area contributed by atoms with Gasteiger partial charge in [0.25, 0.3) is 0 Å². The highest BCUT2D eigenvalue weighted by Crippen LogP contribution is 2.45. The highest BCUT2D eigenvalue weighted by Gasteiger charge is 2.38. The van der Waals surface area contributed by atoms with Crippen molar-refractivity contribution in [2.45, 2.75) is 66.0 Å². The topological polar surface area (TPSA) is 32.3 Å². The summed E-state index contributed by atoms with van der Waals surface area (Å²) in [6, 6.07) is 0.568. The van der Waals surface area contributed by atoms with Crippen molar-refractivity contribution < 1.29 is 5.11 Å². The van der Waals surface area contributed by atoms with Crippen molar-refractivity contribution in [3.63, 3.8) is 0 Å². The second kappa shape index (κ2) is 4.42. The Hall–Kier alpha value is -0.0800. The summed E-state index contributed by atoms with van der Waals surface area (Å²) >= 11 is 0. The zero-order valence-electron chi connectivity index (χ0n) is 10.9. The van der Waals surface area contributed by atoms with Gasteiger partial charge in [-0.05, 0) is 37.0 Å². The highest BCUT2D eigenvalue weighted by atomic mass is 16.3. The summed E-state index contributed by atoms with van der Waals surface area (Å²) in [5.41, 5.74) is 0.857. The average Bonchev–Trinajstić information content (AvgIpc) is 1.94. The largest absolute Gasteiger partial charge is 0.392 e. The third kappa shape index (κ3) is 4.52. The van der Waals surface area contributed by atoms with Crippen LogP contribution >= 0.6 is 0 Å². The zero-order chi connectivity index (χ0) is 11.7. The van der Waals surface area contributed by atoms with Crippen LogP contribution in [-0.4, -0.2) is 23.8 Å². The van der Waals surface area contributed by atoms with Gasteiger partial charge in [0.15, 0.2) is 0 Å². The Morgan fingerprint density at radius 1 is 1.20 bits per heavy atom. The van der Waals surface area contributed by atoms with Gasteiger partial charge in [0.1, 0.15) is 0 Å². The Balaban J connectivity index is 2.52. The maximum atomic E-state index is 9.28. The molecule has 0 aromatic rings. The fraction of sp³-hybridized carbons (Fsp3) is 1.00. The summed E-state index contributed by atoms with van der Waals surface area (Å²) in [4.78, 5) is 0. The number of nitrogens with one attached hydrogen (secondary N) is 1. The van der Waals surface area contributed by atoms with Crippen LogP contribution in [0.4, 0.5) is 0 Å². The molecule has 1 aliphatic rings. The van der Waals surface area contributed by atoms with Crippen molar-refractivity contribution in [1.29, 1.82) is 0 Å². The molecule has 1 aliphatic carbocycles. The summed E-state index contributed by atoms with van der Waals surface area (Å²) in [6.07, 6.45) is 3.51. The quantitative estimate of drug-likeness (QED) is 0.755. The molecule has 90 valence electrons. The minimum absolute atomic E-state index is 0.238. The number of aliphatic hydroxyl groups is 1. The maximum Gasteiger partial charge on any atom is 0.0636 e. The lowest BCUT2D eigenvalue weighted by atomic mass is 9.63. The van der Waals surface area contributed by atoms with E-state index in [1.165, 1.54) is 19.3 Å². The molecule has 0 unspecified atom stereocenters. The second-order valence-corrected chi connectivity index (χ2v) is 6.87. The number of rotatable bonds is 3. The lowest BCUT2D eigenvalue weighted by molar-refractivity contribution is 0.0778. The predicted octanol–water partition coefficient (Wildman–Crippen LogP) is 2.56. The van der Waals surface area contributed by atoms with Gasteiger partial charge in [-0.2, -0.15) is 0 Å². The average molecular weight is 213 g/mol. The molecule has 2 heteroatoms. The Labute approximate surface area is 94.5 Å². The van der Waals surface area contributed by atoms with Crippen molar-refractivity contribution >= 4 is 0 Å². The molecular formula is C13H27NO. The number of hydrogen-bond donors (Lipinski definition) is 2. The van der Waals surface area contributed by atoms with E-state index in [1.807, 2.05) is 6.92 Å². The van der Waals surface area contributed by atoms with Crippen molar-refractivity contribution in [3.05, 3.63) is 0 Å². The van der Waals surface area contributed by atoms with Crippen LogP contribution in [0.15, 0.2) is 0 Å². The molecule has 1 rings (SSSR count). The van der Waals surface area contributed by atoms with Crippen molar-refractivity contribution in [3.8, 4) is 0 Å². The van der Waals surface area contributed by atoms with E-state index in [2.05, 4.69) is 33.0 Å². The normalized spacial score (nSPS) is 27.6. The van der Waals surface area contributed by atoms with Gasteiger partial charge in [0, 0.05) is 12.6 Å². The second-order valence-electron chi connectivity index (χ2n) is 6.87. The fourth-order valence-electron chi connectivity index (χ4n) is 3.33. The molecule has 2 N–H and O–H groups in total. The molecular weight excluding hydrogens is 186 g/mol. The molecule has 0 bridgehead atoms. The molecule has 0 aliphatic heterocycles. The lowest BCUT2D eigenvalue weighted by Crippen LogP contribution is -2.45. The van der Waals surface area contributed by atoms with Crippen LogP contribution in [0.1, 0.15) is 53.9 Å². The van der Waals surface area contributed by atoms with Gasteiger partial charge in [-0.1, -0.05) is 27.7 Å². The molecule has 0 aromatic carbocycles. The van der Waals surface area contributed by atoms with Crippen LogP contribution in [-0.2, 0) is 0 Å². The minimum atomic E-state index is -0.238. The van der Waals surface area contributed by atoms with Crippen molar-refractivity contribution in [2.75, 3.05) is 6.54 Å². The first-order chi connectivity index (χ1) is 6.70. The molecule has 1 atom stereocenters. The van der Waals surface area contributed by atoms with E-state index in [9.17, 15) is 5.11 Å². The first-order valence-corrected chi connectivity index (χ1v) is 6.12. The highest BCUT2D eigenvalue weighted by molar-refractivity contribution is 4.92. The monoisotopic (exact) mass is 213 g/mol. The smallest absolute Gasteiger partial charge is 0.0636 e. The summed E-state index contributed by atoms with van der Waals surface area (Å²) in [6.45, 7) is 12.0. The summed E-state index contributed by atoms with van der Waals surface area (Å²) < 4.78 is 0. The first-order valence-electron chi connectivity index (χ1n) is 6.12. The zero-order valence-corrected chi connectivity index (χ0v) is 10.9. The van der Waals surface area contributed by atoms with Crippen LogP contribution in [0.25, 0.3) is 0 Å². The van der Waals surface area contributed by atoms with Gasteiger partial charge in [-0.15, -0.1) is 0 Å². The van der Waals surface area contributed by atoms with Crippen molar-refractivity contribution in [2.24, 2.45) is 10.8 Å². The minimum Gasteiger partial charge on any atom is -0.392 e. The molecule has 0 saturated heterocycles. The van der Waals surface area contributed by atoms with Gasteiger partial charge < -0.3 is 10.4 Å². The first kappa shape index (κ1) is 13.0. The molecule has 0 heterocycles. The van der Waals surface area contributed by atoms with E-state index in [0.29, 0.717) is 16.9 Å². The van der Waals surface area contributed by atoms with E-state index in [-0.39, 0.29) is 6.10 Å². The lowest BCUT2D eigenvalue weighted by Gasteiger charge is -2.45. The van der Waals surface area contributed by atoms with E-state index in [4.69, 9.17) is 0 Å². The fourth-order valence-corrected chi connectivity index (χ4v) is 3.33. The van der Waals surface area contributed by atoms with Gasteiger partial charge >= 0.3 is 0 Å². The molecule has 0 radical (unpaired) electrons. The maximum absolute atomic E-state index is 9.28. The summed E-state index contributed by atoms with van der Waals surface area (Å²) in [5.74, 6) is 0. The van der Waals surface area contributed by atoms with Gasteiger partial charge in [0.2, 0.25) is 0 Å². The summed E-state index contributed by atoms with van der Waals surface area (Å²) in [5, 5.41) is 12.8. The Kier molecular flexibility index (Phi) is 3.83. The van der Waals surface area contributed by atoms with Crippen LogP contribution in [0.3, 0.4) is 0 Å². The van der Waals surface area contributed by atoms with Crippen LogP contribution in [0.2, 0.25) is 0 Å². The Bertz CT molecular complexity index is 193. The van der Waals surface area contributed by atoms with Crippen molar-refractivity contribution in [1.82, 2.24) is 5.32 Å². The Morgan fingerprint density at radius 3 is 2.07 bits per heavy atom. The predicted molar refractivity (Wildman–Crippen MR) is 64.9 cm³/mol. The number of hydrogen-bond acceptors (Lipinski definition) is 2. The van der Waals surface area contributed by atoms with E-state index in [1.54, 1.807) is 0 Å². The molecule has 1 fully saturated rings. The van der Waals surface area contributed by atoms with Gasteiger partial charge in [0.05, 0.1) is 6.10 Å². The van der Waals surface area contributed by atoms with E-state index < -0.39 is 0 Å². The van der Waals surface area contributed by atoms with E-state index >= 15 is 0 Å². The van der Waals surface area contributed by atoms with Crippen LogP contribution in [0.5, 0.6) is 0 Å². The molecule has 2 nitrogen and oxygen atoms in total. The van der Waals surface area contributed by atoms with Gasteiger partial charge in [-0.3, -0.25) is 0 Å². The standard InChI is InChI=1S/C13H27NO/c1-10(15)8-14-11-6-12(2,3)9-13(4,5)7-11/h10-11,14-15H,6-9H2,1-5H3/t10-/m1/s1. The molecule has 0 spiro atoms. The van der Waals surface area contributed by atoms with Crippen LogP contribution < -0.4 is 5.32 Å². The molecule has 1 saturated carbocycles. The molecule has 15 heavy (non-hydrogen) atoms. The Morgan fingerprint density at radius 2 is 1.67 bits per heavy atom.